The Morgan fingerprint density at radius 3 is 2.52 bits per heavy atom. The molecule has 3 rings (SSSR count). The van der Waals surface area contributed by atoms with Crippen molar-refractivity contribution < 1.29 is 0 Å². The van der Waals surface area contributed by atoms with Crippen LogP contribution >= 0.6 is 0 Å². The highest BCUT2D eigenvalue weighted by Gasteiger charge is 2.12. The molecule has 23 heavy (non-hydrogen) atoms. The summed E-state index contributed by atoms with van der Waals surface area (Å²) in [5.74, 6) is 1.56. The second-order valence-corrected chi connectivity index (χ2v) is 6.54. The first-order chi connectivity index (χ1) is 11.2. The third kappa shape index (κ3) is 4.44. The standard InChI is InChI=1S/C19H26N4/c1-14-9-10-17(15(2)13-14)22-19-20-12-11-18(23-19)21-16-7-5-3-4-6-8-16/h9-13,16H,3-8H2,1-2H3,(H2,20,21,22,23). The van der Waals surface area contributed by atoms with Gasteiger partial charge in [0, 0.05) is 17.9 Å². The zero-order valence-electron chi connectivity index (χ0n) is 14.1. The number of hydrogen-bond donors (Lipinski definition) is 2. The molecule has 4 heteroatoms. The van der Waals surface area contributed by atoms with Gasteiger partial charge in [-0.3, -0.25) is 0 Å². The molecule has 1 aromatic heterocycles. The van der Waals surface area contributed by atoms with Crippen LogP contribution in [0.2, 0.25) is 0 Å². The zero-order valence-corrected chi connectivity index (χ0v) is 14.1. The second kappa shape index (κ2) is 7.44. The fourth-order valence-corrected chi connectivity index (χ4v) is 3.21. The molecule has 1 saturated carbocycles. The van der Waals surface area contributed by atoms with Gasteiger partial charge in [0.2, 0.25) is 5.95 Å². The number of nitrogens with zero attached hydrogens (tertiary/aromatic N) is 2. The van der Waals surface area contributed by atoms with E-state index in [0.29, 0.717) is 12.0 Å². The average molecular weight is 310 g/mol. The minimum Gasteiger partial charge on any atom is -0.367 e. The maximum atomic E-state index is 4.62. The monoisotopic (exact) mass is 310 g/mol. The van der Waals surface area contributed by atoms with Crippen LogP contribution in [0, 0.1) is 13.8 Å². The maximum Gasteiger partial charge on any atom is 0.229 e. The van der Waals surface area contributed by atoms with Gasteiger partial charge in [-0.1, -0.05) is 43.4 Å². The Balaban J connectivity index is 1.69. The van der Waals surface area contributed by atoms with Crippen molar-refractivity contribution in [2.24, 2.45) is 0 Å². The minimum atomic E-state index is 0.543. The molecule has 2 aromatic rings. The third-order valence-electron chi connectivity index (χ3n) is 4.49. The summed E-state index contributed by atoms with van der Waals surface area (Å²) < 4.78 is 0. The Kier molecular flexibility index (Phi) is 5.11. The van der Waals surface area contributed by atoms with E-state index < -0.39 is 0 Å². The van der Waals surface area contributed by atoms with Crippen LogP contribution < -0.4 is 10.6 Å². The van der Waals surface area contributed by atoms with E-state index in [4.69, 9.17) is 0 Å². The van der Waals surface area contributed by atoms with Gasteiger partial charge in [0.1, 0.15) is 5.82 Å². The van der Waals surface area contributed by atoms with Crippen LogP contribution in [0.15, 0.2) is 30.5 Å². The van der Waals surface area contributed by atoms with E-state index in [9.17, 15) is 0 Å². The lowest BCUT2D eigenvalue weighted by atomic mass is 10.1. The van der Waals surface area contributed by atoms with Gasteiger partial charge >= 0.3 is 0 Å². The predicted molar refractivity (Wildman–Crippen MR) is 96.3 cm³/mol. The fraction of sp³-hybridized carbons (Fsp3) is 0.474. The molecule has 0 radical (unpaired) electrons. The van der Waals surface area contributed by atoms with E-state index in [2.05, 4.69) is 52.6 Å². The molecule has 1 fully saturated rings. The van der Waals surface area contributed by atoms with E-state index in [-0.39, 0.29) is 0 Å². The van der Waals surface area contributed by atoms with Crippen molar-refractivity contribution in [1.29, 1.82) is 0 Å². The predicted octanol–water partition coefficient (Wildman–Crippen LogP) is 4.97. The summed E-state index contributed by atoms with van der Waals surface area (Å²) in [5.41, 5.74) is 3.52. The smallest absolute Gasteiger partial charge is 0.229 e. The fourth-order valence-electron chi connectivity index (χ4n) is 3.21. The van der Waals surface area contributed by atoms with E-state index in [1.165, 1.54) is 49.7 Å². The van der Waals surface area contributed by atoms with Crippen LogP contribution in [-0.2, 0) is 0 Å². The second-order valence-electron chi connectivity index (χ2n) is 6.54. The van der Waals surface area contributed by atoms with Crippen molar-refractivity contribution >= 4 is 17.5 Å². The molecule has 122 valence electrons. The van der Waals surface area contributed by atoms with Gasteiger partial charge in [-0.05, 0) is 44.4 Å². The van der Waals surface area contributed by atoms with Crippen LogP contribution in [0.3, 0.4) is 0 Å². The Morgan fingerprint density at radius 2 is 1.78 bits per heavy atom. The quantitative estimate of drug-likeness (QED) is 0.783. The van der Waals surface area contributed by atoms with Gasteiger partial charge in [0.05, 0.1) is 0 Å². The number of aromatic nitrogens is 2. The van der Waals surface area contributed by atoms with Crippen molar-refractivity contribution in [3.8, 4) is 0 Å². The van der Waals surface area contributed by atoms with Crippen molar-refractivity contribution in [3.63, 3.8) is 0 Å². The first kappa shape index (κ1) is 15.8. The molecule has 1 aliphatic rings. The number of nitrogens with one attached hydrogen (secondary N) is 2. The number of benzene rings is 1. The maximum absolute atomic E-state index is 4.62. The highest BCUT2D eigenvalue weighted by atomic mass is 15.1. The van der Waals surface area contributed by atoms with E-state index in [1.54, 1.807) is 0 Å². The van der Waals surface area contributed by atoms with Gasteiger partial charge < -0.3 is 10.6 Å². The Morgan fingerprint density at radius 1 is 1.00 bits per heavy atom. The molecular weight excluding hydrogens is 284 g/mol. The van der Waals surface area contributed by atoms with Gasteiger partial charge in [-0.15, -0.1) is 0 Å². The first-order valence-electron chi connectivity index (χ1n) is 8.64. The molecule has 0 unspecified atom stereocenters. The molecule has 0 bridgehead atoms. The van der Waals surface area contributed by atoms with Crippen LogP contribution in [0.25, 0.3) is 0 Å². The third-order valence-corrected chi connectivity index (χ3v) is 4.49. The van der Waals surface area contributed by atoms with Crippen molar-refractivity contribution in [3.05, 3.63) is 41.6 Å². The lowest BCUT2D eigenvalue weighted by Crippen LogP contribution is -2.19. The Bertz CT molecular complexity index is 646. The van der Waals surface area contributed by atoms with Crippen LogP contribution in [0.5, 0.6) is 0 Å². The van der Waals surface area contributed by atoms with Gasteiger partial charge in [0.15, 0.2) is 0 Å². The summed E-state index contributed by atoms with van der Waals surface area (Å²) in [6, 6.07) is 8.84. The molecule has 1 aromatic carbocycles. The SMILES string of the molecule is Cc1ccc(Nc2nccc(NC3CCCCCC3)n2)c(C)c1. The van der Waals surface area contributed by atoms with Crippen LogP contribution in [0.4, 0.5) is 17.5 Å². The summed E-state index contributed by atoms with van der Waals surface area (Å²) in [5, 5.41) is 6.91. The largest absolute Gasteiger partial charge is 0.367 e. The molecule has 0 amide bonds. The van der Waals surface area contributed by atoms with E-state index >= 15 is 0 Å². The molecule has 0 atom stereocenters. The van der Waals surface area contributed by atoms with E-state index in [1.807, 2.05) is 12.3 Å². The molecule has 0 spiro atoms. The molecular formula is C19H26N4. The molecule has 2 N–H and O–H groups in total. The summed E-state index contributed by atoms with van der Waals surface area (Å²) in [6.45, 7) is 4.20. The van der Waals surface area contributed by atoms with Crippen molar-refractivity contribution in [2.45, 2.75) is 58.4 Å². The normalized spacial score (nSPS) is 15.9. The summed E-state index contributed by atoms with van der Waals surface area (Å²) in [4.78, 5) is 8.97. The average Bonchev–Trinajstić information content (AvgIpc) is 2.79. The Labute approximate surface area is 138 Å². The van der Waals surface area contributed by atoms with E-state index in [0.717, 1.165) is 11.5 Å². The minimum absolute atomic E-state index is 0.543. The summed E-state index contributed by atoms with van der Waals surface area (Å²) >= 11 is 0. The molecule has 4 nitrogen and oxygen atoms in total. The molecule has 0 saturated heterocycles. The first-order valence-corrected chi connectivity index (χ1v) is 8.64. The van der Waals surface area contributed by atoms with Crippen LogP contribution in [0.1, 0.15) is 49.7 Å². The van der Waals surface area contributed by atoms with Crippen LogP contribution in [-0.4, -0.2) is 16.0 Å². The van der Waals surface area contributed by atoms with Crippen molar-refractivity contribution in [1.82, 2.24) is 9.97 Å². The summed E-state index contributed by atoms with van der Waals surface area (Å²) in [6.07, 6.45) is 9.65. The van der Waals surface area contributed by atoms with Crippen molar-refractivity contribution in [2.75, 3.05) is 10.6 Å². The lowest BCUT2D eigenvalue weighted by Gasteiger charge is -2.17. The highest BCUT2D eigenvalue weighted by Crippen LogP contribution is 2.22. The number of aryl methyl sites for hydroxylation is 2. The lowest BCUT2D eigenvalue weighted by molar-refractivity contribution is 0.617. The zero-order chi connectivity index (χ0) is 16.1. The Hall–Kier alpha value is -2.10. The highest BCUT2D eigenvalue weighted by molar-refractivity contribution is 5.59. The molecule has 0 aliphatic heterocycles. The number of hydrogen-bond acceptors (Lipinski definition) is 4. The van der Waals surface area contributed by atoms with Gasteiger partial charge in [-0.25, -0.2) is 4.98 Å². The van der Waals surface area contributed by atoms with Gasteiger partial charge in [0.25, 0.3) is 0 Å². The number of rotatable bonds is 4. The molecule has 1 heterocycles. The van der Waals surface area contributed by atoms with Gasteiger partial charge in [-0.2, -0.15) is 4.98 Å². The molecule has 1 aliphatic carbocycles. The topological polar surface area (TPSA) is 49.8 Å². The summed E-state index contributed by atoms with van der Waals surface area (Å²) in [7, 11) is 0. The number of anilines is 3.